The molecule has 5 nitrogen and oxygen atoms in total. The smallest absolute Gasteiger partial charge is 0.240 e. The number of para-hydroxylation sites is 1. The van der Waals surface area contributed by atoms with Crippen molar-refractivity contribution in [3.63, 3.8) is 0 Å². The van der Waals surface area contributed by atoms with Crippen LogP contribution < -0.4 is 10.6 Å². The second-order valence-corrected chi connectivity index (χ2v) is 5.46. The van der Waals surface area contributed by atoms with E-state index < -0.39 is 5.25 Å². The van der Waals surface area contributed by atoms with Gasteiger partial charge in [-0.1, -0.05) is 35.5 Å². The number of hydrogen-bond acceptors (Lipinski definition) is 4. The van der Waals surface area contributed by atoms with Crippen LogP contribution in [0, 0.1) is 0 Å². The molecule has 0 spiro atoms. The summed E-state index contributed by atoms with van der Waals surface area (Å²) < 4.78 is 0. The molecule has 1 aliphatic rings. The van der Waals surface area contributed by atoms with E-state index in [2.05, 4.69) is 15.6 Å². The number of anilines is 1. The minimum Gasteiger partial charge on any atom is -0.325 e. The van der Waals surface area contributed by atoms with E-state index in [9.17, 15) is 9.59 Å². The van der Waals surface area contributed by atoms with E-state index in [1.54, 1.807) is 31.3 Å². The molecule has 1 atom stereocenters. The van der Waals surface area contributed by atoms with E-state index in [0.29, 0.717) is 15.9 Å². The molecule has 100 valence electrons. The van der Waals surface area contributed by atoms with Gasteiger partial charge in [-0.2, -0.15) is 0 Å². The molecule has 1 aliphatic heterocycles. The SMILES string of the molecule is CN=C1NC(=O)[C@H](CC(=O)Nc2ccccc2Cl)S1. The Kier molecular flexibility index (Phi) is 4.44. The molecule has 1 heterocycles. The largest absolute Gasteiger partial charge is 0.325 e. The lowest BCUT2D eigenvalue weighted by molar-refractivity contribution is -0.122. The molecule has 1 saturated heterocycles. The van der Waals surface area contributed by atoms with Gasteiger partial charge in [0.1, 0.15) is 5.25 Å². The normalized spacial score (nSPS) is 20.4. The Labute approximate surface area is 119 Å². The second-order valence-electron chi connectivity index (χ2n) is 3.86. The van der Waals surface area contributed by atoms with Crippen LogP contribution in [0.15, 0.2) is 29.3 Å². The lowest BCUT2D eigenvalue weighted by atomic mass is 10.2. The quantitative estimate of drug-likeness (QED) is 0.895. The number of amides is 2. The molecule has 19 heavy (non-hydrogen) atoms. The molecule has 0 aromatic heterocycles. The van der Waals surface area contributed by atoms with E-state index >= 15 is 0 Å². The van der Waals surface area contributed by atoms with Crippen molar-refractivity contribution in [3.05, 3.63) is 29.3 Å². The van der Waals surface area contributed by atoms with Gasteiger partial charge in [0, 0.05) is 13.5 Å². The van der Waals surface area contributed by atoms with Crippen LogP contribution in [0.1, 0.15) is 6.42 Å². The molecular weight excluding hydrogens is 286 g/mol. The van der Waals surface area contributed by atoms with Crippen LogP contribution in [-0.2, 0) is 9.59 Å². The number of nitrogens with zero attached hydrogens (tertiary/aromatic N) is 1. The van der Waals surface area contributed by atoms with Gasteiger partial charge in [-0.05, 0) is 12.1 Å². The molecule has 0 bridgehead atoms. The molecular formula is C12H12ClN3O2S. The first-order valence-electron chi connectivity index (χ1n) is 5.59. The summed E-state index contributed by atoms with van der Waals surface area (Å²) in [5, 5.41) is 5.86. The third kappa shape index (κ3) is 3.48. The number of carbonyl (C=O) groups is 2. The van der Waals surface area contributed by atoms with Gasteiger partial charge < -0.3 is 10.6 Å². The number of nitrogens with one attached hydrogen (secondary N) is 2. The topological polar surface area (TPSA) is 70.6 Å². The van der Waals surface area contributed by atoms with Crippen molar-refractivity contribution >= 4 is 46.0 Å². The molecule has 7 heteroatoms. The third-order valence-corrected chi connectivity index (χ3v) is 4.00. The summed E-state index contributed by atoms with van der Waals surface area (Å²) in [6.45, 7) is 0. The average Bonchev–Trinajstić information content (AvgIpc) is 2.73. The van der Waals surface area contributed by atoms with Crippen molar-refractivity contribution in [1.82, 2.24) is 5.32 Å². The van der Waals surface area contributed by atoms with E-state index in [1.807, 2.05) is 0 Å². The van der Waals surface area contributed by atoms with E-state index in [0.717, 1.165) is 0 Å². The summed E-state index contributed by atoms with van der Waals surface area (Å²) in [6.07, 6.45) is 0.0841. The summed E-state index contributed by atoms with van der Waals surface area (Å²) in [5.41, 5.74) is 0.543. The highest BCUT2D eigenvalue weighted by Gasteiger charge is 2.31. The molecule has 2 N–H and O–H groups in total. The number of amidine groups is 1. The molecule has 2 rings (SSSR count). The van der Waals surface area contributed by atoms with Crippen molar-refractivity contribution in [3.8, 4) is 0 Å². The van der Waals surface area contributed by atoms with Crippen molar-refractivity contribution in [1.29, 1.82) is 0 Å². The molecule has 2 amide bonds. The zero-order valence-electron chi connectivity index (χ0n) is 10.1. The summed E-state index contributed by atoms with van der Waals surface area (Å²) >= 11 is 7.20. The predicted molar refractivity (Wildman–Crippen MR) is 77.6 cm³/mol. The number of hydrogen-bond donors (Lipinski definition) is 2. The maximum atomic E-state index is 11.9. The fourth-order valence-electron chi connectivity index (χ4n) is 1.58. The molecule has 0 radical (unpaired) electrons. The Balaban J connectivity index is 1.96. The van der Waals surface area contributed by atoms with Gasteiger partial charge in [0.05, 0.1) is 10.7 Å². The predicted octanol–water partition coefficient (Wildman–Crippen LogP) is 1.89. The first kappa shape index (κ1) is 13.9. The molecule has 1 aromatic carbocycles. The maximum absolute atomic E-state index is 11.9. The number of halogens is 1. The molecule has 0 unspecified atom stereocenters. The van der Waals surface area contributed by atoms with Crippen molar-refractivity contribution in [2.45, 2.75) is 11.7 Å². The highest BCUT2D eigenvalue weighted by molar-refractivity contribution is 8.15. The van der Waals surface area contributed by atoms with E-state index in [1.165, 1.54) is 11.8 Å². The number of rotatable bonds is 3. The number of aliphatic imine (C=N–C) groups is 1. The minimum atomic E-state index is -0.443. The molecule has 1 aromatic rings. The highest BCUT2D eigenvalue weighted by atomic mass is 35.5. The molecule has 1 fully saturated rings. The van der Waals surface area contributed by atoms with Crippen molar-refractivity contribution in [2.75, 3.05) is 12.4 Å². The summed E-state index contributed by atoms with van der Waals surface area (Å²) in [5.74, 6) is -0.446. The van der Waals surface area contributed by atoms with Gasteiger partial charge in [-0.15, -0.1) is 0 Å². The Hall–Kier alpha value is -1.53. The summed E-state index contributed by atoms with van der Waals surface area (Å²) in [7, 11) is 1.59. The minimum absolute atomic E-state index is 0.0841. The van der Waals surface area contributed by atoms with Crippen LogP contribution in [-0.4, -0.2) is 29.3 Å². The van der Waals surface area contributed by atoms with Crippen LogP contribution >= 0.6 is 23.4 Å². The first-order valence-corrected chi connectivity index (χ1v) is 6.84. The van der Waals surface area contributed by atoms with E-state index in [4.69, 9.17) is 11.6 Å². The highest BCUT2D eigenvalue weighted by Crippen LogP contribution is 2.24. The third-order valence-electron chi connectivity index (χ3n) is 2.50. The van der Waals surface area contributed by atoms with Gasteiger partial charge in [0.15, 0.2) is 5.17 Å². The van der Waals surface area contributed by atoms with Gasteiger partial charge >= 0.3 is 0 Å². The van der Waals surface area contributed by atoms with Crippen LogP contribution in [0.2, 0.25) is 5.02 Å². The van der Waals surface area contributed by atoms with Crippen LogP contribution in [0.5, 0.6) is 0 Å². The van der Waals surface area contributed by atoms with Crippen molar-refractivity contribution in [2.24, 2.45) is 4.99 Å². The van der Waals surface area contributed by atoms with Gasteiger partial charge in [-0.25, -0.2) is 0 Å². The van der Waals surface area contributed by atoms with Gasteiger partial charge in [0.2, 0.25) is 11.8 Å². The lowest BCUT2D eigenvalue weighted by Crippen LogP contribution is -2.28. The molecule has 0 saturated carbocycles. The second kappa shape index (κ2) is 6.08. The Morgan fingerprint density at radius 3 is 2.89 bits per heavy atom. The number of benzene rings is 1. The van der Waals surface area contributed by atoms with Crippen LogP contribution in [0.4, 0.5) is 5.69 Å². The Morgan fingerprint density at radius 2 is 2.26 bits per heavy atom. The van der Waals surface area contributed by atoms with Gasteiger partial charge in [-0.3, -0.25) is 14.6 Å². The monoisotopic (exact) mass is 297 g/mol. The Bertz CT molecular complexity index is 548. The fourth-order valence-corrected chi connectivity index (χ4v) is 2.70. The standard InChI is InChI=1S/C12H12ClN3O2S/c1-14-12-16-11(18)9(19-12)6-10(17)15-8-5-3-2-4-7(8)13/h2-5,9H,6H2,1H3,(H,15,17)(H,14,16,18)/t9-/m0/s1. The Morgan fingerprint density at radius 1 is 1.53 bits per heavy atom. The van der Waals surface area contributed by atoms with Gasteiger partial charge in [0.25, 0.3) is 0 Å². The fraction of sp³-hybridized carbons (Fsp3) is 0.250. The first-order chi connectivity index (χ1) is 9.10. The van der Waals surface area contributed by atoms with Crippen LogP contribution in [0.25, 0.3) is 0 Å². The van der Waals surface area contributed by atoms with Crippen LogP contribution in [0.3, 0.4) is 0 Å². The molecule has 0 aliphatic carbocycles. The summed E-state index contributed by atoms with van der Waals surface area (Å²) in [4.78, 5) is 27.3. The number of carbonyl (C=O) groups excluding carboxylic acids is 2. The zero-order chi connectivity index (χ0) is 13.8. The summed E-state index contributed by atoms with van der Waals surface area (Å²) in [6, 6.07) is 6.96. The van der Waals surface area contributed by atoms with Crippen molar-refractivity contribution < 1.29 is 9.59 Å². The zero-order valence-corrected chi connectivity index (χ0v) is 11.7. The average molecular weight is 298 g/mol. The maximum Gasteiger partial charge on any atom is 0.240 e. The van der Waals surface area contributed by atoms with E-state index in [-0.39, 0.29) is 18.2 Å². The lowest BCUT2D eigenvalue weighted by Gasteiger charge is -2.08. The number of thioether (sulfide) groups is 1.